The largest absolute Gasteiger partial charge is 0.506 e. The SMILES string of the molecule is O=C(C1CSCCS1)N1CCN(c2ccccc2O)CC1. The Labute approximate surface area is 133 Å². The summed E-state index contributed by atoms with van der Waals surface area (Å²) in [6, 6.07) is 7.40. The number of piperazine rings is 1. The summed E-state index contributed by atoms with van der Waals surface area (Å²) >= 11 is 3.68. The summed E-state index contributed by atoms with van der Waals surface area (Å²) in [7, 11) is 0. The van der Waals surface area contributed by atoms with Gasteiger partial charge in [-0.1, -0.05) is 12.1 Å². The zero-order valence-electron chi connectivity index (χ0n) is 11.9. The Bertz CT molecular complexity index is 498. The van der Waals surface area contributed by atoms with Crippen molar-refractivity contribution in [2.24, 2.45) is 0 Å². The van der Waals surface area contributed by atoms with E-state index in [1.54, 1.807) is 17.8 Å². The molecular formula is C15H20N2O2S2. The van der Waals surface area contributed by atoms with Crippen LogP contribution in [0.1, 0.15) is 0 Å². The average molecular weight is 324 g/mol. The molecule has 1 aromatic rings. The Kier molecular flexibility index (Phi) is 4.85. The van der Waals surface area contributed by atoms with Gasteiger partial charge in [-0.05, 0) is 12.1 Å². The summed E-state index contributed by atoms with van der Waals surface area (Å²) in [6.07, 6.45) is 0. The van der Waals surface area contributed by atoms with Crippen molar-refractivity contribution >= 4 is 35.1 Å². The van der Waals surface area contributed by atoms with Crippen LogP contribution in [0.4, 0.5) is 5.69 Å². The number of benzene rings is 1. The Hall–Kier alpha value is -1.01. The molecule has 114 valence electrons. The fraction of sp³-hybridized carbons (Fsp3) is 0.533. The minimum Gasteiger partial charge on any atom is -0.506 e. The number of hydrogen-bond acceptors (Lipinski definition) is 5. The fourth-order valence-electron chi connectivity index (χ4n) is 2.73. The Morgan fingerprint density at radius 3 is 2.57 bits per heavy atom. The minimum absolute atomic E-state index is 0.139. The van der Waals surface area contributed by atoms with E-state index in [1.807, 2.05) is 34.9 Å². The van der Waals surface area contributed by atoms with Gasteiger partial charge in [-0.2, -0.15) is 11.8 Å². The molecule has 0 saturated carbocycles. The van der Waals surface area contributed by atoms with E-state index in [4.69, 9.17) is 0 Å². The van der Waals surface area contributed by atoms with Gasteiger partial charge in [0.05, 0.1) is 10.9 Å². The van der Waals surface area contributed by atoms with Gasteiger partial charge in [0, 0.05) is 43.4 Å². The van der Waals surface area contributed by atoms with Crippen LogP contribution in [0.3, 0.4) is 0 Å². The number of rotatable bonds is 2. The number of hydrogen-bond donors (Lipinski definition) is 1. The molecule has 4 nitrogen and oxygen atoms in total. The van der Waals surface area contributed by atoms with Gasteiger partial charge in [0.15, 0.2) is 0 Å². The number of carbonyl (C=O) groups is 1. The van der Waals surface area contributed by atoms with Gasteiger partial charge in [0.1, 0.15) is 5.75 Å². The number of phenols is 1. The summed E-state index contributed by atoms with van der Waals surface area (Å²) in [5.41, 5.74) is 0.868. The maximum absolute atomic E-state index is 12.5. The van der Waals surface area contributed by atoms with Gasteiger partial charge < -0.3 is 14.9 Å². The van der Waals surface area contributed by atoms with Crippen molar-refractivity contribution in [2.75, 3.05) is 48.3 Å². The lowest BCUT2D eigenvalue weighted by molar-refractivity contribution is -0.130. The van der Waals surface area contributed by atoms with E-state index >= 15 is 0 Å². The first-order valence-corrected chi connectivity index (χ1v) is 9.47. The van der Waals surface area contributed by atoms with Gasteiger partial charge in [-0.25, -0.2) is 0 Å². The van der Waals surface area contributed by atoms with Crippen LogP contribution in [0.5, 0.6) is 5.75 Å². The number of thioether (sulfide) groups is 2. The highest BCUT2D eigenvalue weighted by atomic mass is 32.2. The van der Waals surface area contributed by atoms with E-state index in [0.29, 0.717) is 11.7 Å². The molecule has 0 bridgehead atoms. The number of phenolic OH excluding ortho intramolecular Hbond substituents is 1. The summed E-state index contributed by atoms with van der Waals surface area (Å²) < 4.78 is 0. The highest BCUT2D eigenvalue weighted by Gasteiger charge is 2.29. The van der Waals surface area contributed by atoms with Crippen molar-refractivity contribution in [2.45, 2.75) is 5.25 Å². The fourth-order valence-corrected chi connectivity index (χ4v) is 5.36. The molecule has 1 aromatic carbocycles. The third kappa shape index (κ3) is 3.43. The number of nitrogens with zero attached hydrogens (tertiary/aromatic N) is 2. The van der Waals surface area contributed by atoms with Crippen molar-refractivity contribution in [1.82, 2.24) is 4.90 Å². The van der Waals surface area contributed by atoms with Crippen LogP contribution in [0.15, 0.2) is 24.3 Å². The molecule has 2 fully saturated rings. The van der Waals surface area contributed by atoms with Gasteiger partial charge in [-0.15, -0.1) is 11.8 Å². The molecule has 21 heavy (non-hydrogen) atoms. The lowest BCUT2D eigenvalue weighted by Crippen LogP contribution is -2.51. The smallest absolute Gasteiger partial charge is 0.236 e. The second kappa shape index (κ2) is 6.83. The zero-order valence-corrected chi connectivity index (χ0v) is 13.5. The van der Waals surface area contributed by atoms with Gasteiger partial charge in [0.2, 0.25) is 5.91 Å². The summed E-state index contributed by atoms with van der Waals surface area (Å²) in [6.45, 7) is 3.06. The number of para-hydroxylation sites is 2. The monoisotopic (exact) mass is 324 g/mol. The lowest BCUT2D eigenvalue weighted by atomic mass is 10.2. The molecule has 0 aromatic heterocycles. The molecule has 1 amide bonds. The Morgan fingerprint density at radius 2 is 1.90 bits per heavy atom. The molecule has 0 spiro atoms. The molecular weight excluding hydrogens is 304 g/mol. The van der Waals surface area contributed by atoms with E-state index in [-0.39, 0.29) is 5.25 Å². The Balaban J connectivity index is 1.57. The molecule has 1 atom stereocenters. The highest BCUT2D eigenvalue weighted by molar-refractivity contribution is 8.07. The third-order valence-electron chi connectivity index (χ3n) is 3.91. The predicted octanol–water partition coefficient (Wildman–Crippen LogP) is 1.89. The number of amides is 1. The van der Waals surface area contributed by atoms with Crippen molar-refractivity contribution < 1.29 is 9.90 Å². The Morgan fingerprint density at radius 1 is 1.14 bits per heavy atom. The first kappa shape index (κ1) is 14.9. The van der Waals surface area contributed by atoms with Crippen molar-refractivity contribution in [1.29, 1.82) is 0 Å². The summed E-state index contributed by atoms with van der Waals surface area (Å²) in [4.78, 5) is 16.6. The van der Waals surface area contributed by atoms with E-state index in [0.717, 1.165) is 49.1 Å². The van der Waals surface area contributed by atoms with Crippen LogP contribution >= 0.6 is 23.5 Å². The van der Waals surface area contributed by atoms with Crippen molar-refractivity contribution in [3.05, 3.63) is 24.3 Å². The third-order valence-corrected chi connectivity index (χ3v) is 6.65. The maximum Gasteiger partial charge on any atom is 0.236 e. The van der Waals surface area contributed by atoms with Gasteiger partial charge in [0.25, 0.3) is 0 Å². The lowest BCUT2D eigenvalue weighted by Gasteiger charge is -2.38. The normalized spacial score (nSPS) is 23.1. The molecule has 2 heterocycles. The zero-order chi connectivity index (χ0) is 14.7. The molecule has 1 N–H and O–H groups in total. The summed E-state index contributed by atoms with van der Waals surface area (Å²) in [5, 5.41) is 10.1. The molecule has 2 saturated heterocycles. The van der Waals surface area contributed by atoms with Crippen LogP contribution in [0, 0.1) is 0 Å². The second-order valence-corrected chi connectivity index (χ2v) is 7.70. The average Bonchev–Trinajstić information content (AvgIpc) is 2.56. The quantitative estimate of drug-likeness (QED) is 0.900. The maximum atomic E-state index is 12.5. The van der Waals surface area contributed by atoms with Gasteiger partial charge >= 0.3 is 0 Å². The van der Waals surface area contributed by atoms with Crippen LogP contribution in [-0.2, 0) is 4.79 Å². The molecule has 2 aliphatic rings. The van der Waals surface area contributed by atoms with Crippen LogP contribution in [0.2, 0.25) is 0 Å². The topological polar surface area (TPSA) is 43.8 Å². The molecule has 2 aliphatic heterocycles. The van der Waals surface area contributed by atoms with E-state index < -0.39 is 0 Å². The first-order chi connectivity index (χ1) is 10.3. The predicted molar refractivity (Wildman–Crippen MR) is 90.5 cm³/mol. The number of anilines is 1. The first-order valence-electron chi connectivity index (χ1n) is 7.27. The van der Waals surface area contributed by atoms with Crippen LogP contribution in [0.25, 0.3) is 0 Å². The molecule has 0 radical (unpaired) electrons. The van der Waals surface area contributed by atoms with Crippen LogP contribution in [-0.4, -0.2) is 64.6 Å². The minimum atomic E-state index is 0.139. The van der Waals surface area contributed by atoms with Crippen molar-refractivity contribution in [3.8, 4) is 5.75 Å². The standard InChI is InChI=1S/C15H20N2O2S2/c18-13-4-2-1-3-12(13)16-5-7-17(8-6-16)15(19)14-11-20-9-10-21-14/h1-4,14,18H,5-11H2. The van der Waals surface area contributed by atoms with E-state index in [1.165, 1.54) is 0 Å². The molecule has 6 heteroatoms. The van der Waals surface area contributed by atoms with Crippen molar-refractivity contribution in [3.63, 3.8) is 0 Å². The number of carbonyl (C=O) groups excluding carboxylic acids is 1. The van der Waals surface area contributed by atoms with Gasteiger partial charge in [-0.3, -0.25) is 4.79 Å². The second-order valence-electron chi connectivity index (χ2n) is 5.24. The van der Waals surface area contributed by atoms with E-state index in [2.05, 4.69) is 4.90 Å². The molecule has 1 unspecified atom stereocenters. The molecule has 0 aliphatic carbocycles. The highest BCUT2D eigenvalue weighted by Crippen LogP contribution is 2.29. The van der Waals surface area contributed by atoms with E-state index in [9.17, 15) is 9.90 Å². The summed E-state index contributed by atoms with van der Waals surface area (Å²) in [5.74, 6) is 3.80. The molecule has 3 rings (SSSR count). The van der Waals surface area contributed by atoms with Crippen LogP contribution < -0.4 is 4.90 Å². The number of aromatic hydroxyl groups is 1.